The number of benzene rings is 1. The Bertz CT molecular complexity index is 672. The lowest BCUT2D eigenvalue weighted by Gasteiger charge is -2.34. The molecule has 25 heavy (non-hydrogen) atoms. The van der Waals surface area contributed by atoms with Crippen molar-refractivity contribution in [3.8, 4) is 0 Å². The van der Waals surface area contributed by atoms with Gasteiger partial charge in [-0.1, -0.05) is 18.6 Å². The molecule has 1 atom stereocenters. The summed E-state index contributed by atoms with van der Waals surface area (Å²) in [5, 5.41) is 16.6. The molecule has 0 spiro atoms. The van der Waals surface area contributed by atoms with Gasteiger partial charge >= 0.3 is 0 Å². The van der Waals surface area contributed by atoms with Gasteiger partial charge in [0.2, 0.25) is 0 Å². The molecule has 1 aliphatic rings. The van der Waals surface area contributed by atoms with Crippen LogP contribution in [0, 0.1) is 0 Å². The fourth-order valence-corrected chi connectivity index (χ4v) is 3.37. The van der Waals surface area contributed by atoms with Gasteiger partial charge in [0.25, 0.3) is 5.91 Å². The Morgan fingerprint density at radius 2 is 2.24 bits per heavy atom. The smallest absolute Gasteiger partial charge is 0.251 e. The molecule has 2 N–H and O–H groups in total. The van der Waals surface area contributed by atoms with Gasteiger partial charge in [-0.15, -0.1) is 0 Å². The predicted octanol–water partition coefficient (Wildman–Crippen LogP) is 1.51. The molecule has 1 unspecified atom stereocenters. The molecule has 1 fully saturated rings. The van der Waals surface area contributed by atoms with Crippen molar-refractivity contribution >= 4 is 5.91 Å². The summed E-state index contributed by atoms with van der Waals surface area (Å²) in [4.78, 5) is 14.7. The molecule has 0 aliphatic carbocycles. The van der Waals surface area contributed by atoms with Gasteiger partial charge in [-0.2, -0.15) is 5.10 Å². The molecular formula is C19H26N4O2. The normalized spacial score (nSPS) is 18.2. The summed E-state index contributed by atoms with van der Waals surface area (Å²) in [5.41, 5.74) is 1.72. The molecule has 1 aromatic carbocycles. The van der Waals surface area contributed by atoms with E-state index in [2.05, 4.69) is 15.3 Å². The first-order chi connectivity index (χ1) is 12.3. The average Bonchev–Trinajstić information content (AvgIpc) is 3.15. The summed E-state index contributed by atoms with van der Waals surface area (Å²) < 4.78 is 1.84. The Hall–Kier alpha value is -2.18. The molecule has 1 aromatic heterocycles. The van der Waals surface area contributed by atoms with E-state index in [-0.39, 0.29) is 18.6 Å². The standard InChI is InChI=1S/C19H26N4O2/c24-15-18-7-1-2-10-22(18)12-9-20-19(25)17-6-3-5-16(13-17)14-23-11-4-8-21-23/h3-6,8,11,13,18,24H,1-2,7,9-10,12,14-15H2,(H,20,25). The zero-order valence-electron chi connectivity index (χ0n) is 14.5. The van der Waals surface area contributed by atoms with Crippen molar-refractivity contribution in [3.05, 3.63) is 53.9 Å². The van der Waals surface area contributed by atoms with Crippen molar-refractivity contribution in [2.24, 2.45) is 0 Å². The number of hydrogen-bond donors (Lipinski definition) is 2. The van der Waals surface area contributed by atoms with Crippen molar-refractivity contribution < 1.29 is 9.90 Å². The topological polar surface area (TPSA) is 70.4 Å². The minimum atomic E-state index is -0.0557. The number of amides is 1. The number of carbonyl (C=O) groups is 1. The van der Waals surface area contributed by atoms with Gasteiger partial charge in [0.1, 0.15) is 0 Å². The summed E-state index contributed by atoms with van der Waals surface area (Å²) in [5.74, 6) is -0.0557. The molecule has 0 radical (unpaired) electrons. The first kappa shape index (κ1) is 17.6. The van der Waals surface area contributed by atoms with Crippen LogP contribution in [0.25, 0.3) is 0 Å². The molecule has 1 amide bonds. The Morgan fingerprint density at radius 1 is 1.32 bits per heavy atom. The van der Waals surface area contributed by atoms with Crippen molar-refractivity contribution in [1.29, 1.82) is 0 Å². The van der Waals surface area contributed by atoms with Crippen LogP contribution in [-0.4, -0.2) is 58.0 Å². The van der Waals surface area contributed by atoms with Crippen LogP contribution in [0.15, 0.2) is 42.7 Å². The maximum atomic E-state index is 12.4. The number of likely N-dealkylation sites (tertiary alicyclic amines) is 1. The molecule has 1 saturated heterocycles. The van der Waals surface area contributed by atoms with Crippen molar-refractivity contribution in [2.75, 3.05) is 26.2 Å². The number of rotatable bonds is 7. The van der Waals surface area contributed by atoms with Crippen LogP contribution in [0.4, 0.5) is 0 Å². The zero-order valence-corrected chi connectivity index (χ0v) is 14.5. The first-order valence-corrected chi connectivity index (χ1v) is 8.96. The number of nitrogens with one attached hydrogen (secondary N) is 1. The second-order valence-electron chi connectivity index (χ2n) is 6.53. The fraction of sp³-hybridized carbons (Fsp3) is 0.474. The van der Waals surface area contributed by atoms with Crippen molar-refractivity contribution in [3.63, 3.8) is 0 Å². The Balaban J connectivity index is 1.51. The third-order valence-electron chi connectivity index (χ3n) is 4.74. The highest BCUT2D eigenvalue weighted by molar-refractivity contribution is 5.94. The van der Waals surface area contributed by atoms with Crippen LogP contribution in [0.2, 0.25) is 0 Å². The third-order valence-corrected chi connectivity index (χ3v) is 4.74. The third kappa shape index (κ3) is 4.90. The van der Waals surface area contributed by atoms with E-state index in [0.29, 0.717) is 18.7 Å². The maximum Gasteiger partial charge on any atom is 0.251 e. The van der Waals surface area contributed by atoms with Crippen molar-refractivity contribution in [2.45, 2.75) is 31.8 Å². The van der Waals surface area contributed by atoms with Crippen LogP contribution in [-0.2, 0) is 6.54 Å². The number of nitrogens with zero attached hydrogens (tertiary/aromatic N) is 3. The molecule has 2 aromatic rings. The maximum absolute atomic E-state index is 12.4. The summed E-state index contributed by atoms with van der Waals surface area (Å²) in [6.45, 7) is 3.23. The van der Waals surface area contributed by atoms with E-state index in [1.54, 1.807) is 6.20 Å². The van der Waals surface area contributed by atoms with Gasteiger partial charge in [-0.05, 0) is 43.1 Å². The summed E-state index contributed by atoms with van der Waals surface area (Å²) in [6, 6.07) is 9.77. The fourth-order valence-electron chi connectivity index (χ4n) is 3.37. The number of aliphatic hydroxyl groups is 1. The molecule has 3 rings (SSSR count). The summed E-state index contributed by atoms with van der Waals surface area (Å²) >= 11 is 0. The van der Waals surface area contributed by atoms with Crippen LogP contribution in [0.3, 0.4) is 0 Å². The number of aromatic nitrogens is 2. The van der Waals surface area contributed by atoms with Gasteiger partial charge in [0.15, 0.2) is 0 Å². The number of piperidine rings is 1. The average molecular weight is 342 g/mol. The Labute approximate surface area is 148 Å². The van der Waals surface area contributed by atoms with Gasteiger partial charge in [-0.3, -0.25) is 14.4 Å². The quantitative estimate of drug-likeness (QED) is 0.800. The van der Waals surface area contributed by atoms with E-state index in [0.717, 1.165) is 25.1 Å². The second kappa shape index (κ2) is 8.78. The largest absolute Gasteiger partial charge is 0.395 e. The summed E-state index contributed by atoms with van der Waals surface area (Å²) in [7, 11) is 0. The van der Waals surface area contributed by atoms with Gasteiger partial charge in [-0.25, -0.2) is 0 Å². The number of aliphatic hydroxyl groups excluding tert-OH is 1. The molecule has 6 nitrogen and oxygen atoms in total. The Kier molecular flexibility index (Phi) is 6.19. The highest BCUT2D eigenvalue weighted by atomic mass is 16.3. The highest BCUT2D eigenvalue weighted by Crippen LogP contribution is 2.15. The minimum Gasteiger partial charge on any atom is -0.395 e. The SMILES string of the molecule is O=C(NCCN1CCCCC1CO)c1cccc(Cn2cccn2)c1. The van der Waals surface area contributed by atoms with E-state index in [1.165, 1.54) is 12.8 Å². The molecule has 2 heterocycles. The van der Waals surface area contributed by atoms with Gasteiger partial charge in [0.05, 0.1) is 13.2 Å². The van der Waals surface area contributed by atoms with Crippen LogP contribution < -0.4 is 5.32 Å². The molecule has 0 saturated carbocycles. The minimum absolute atomic E-state index is 0.0557. The monoisotopic (exact) mass is 342 g/mol. The van der Waals surface area contributed by atoms with Crippen LogP contribution in [0.1, 0.15) is 35.2 Å². The van der Waals surface area contributed by atoms with Gasteiger partial charge < -0.3 is 10.4 Å². The van der Waals surface area contributed by atoms with Crippen LogP contribution in [0.5, 0.6) is 0 Å². The molecule has 1 aliphatic heterocycles. The van der Waals surface area contributed by atoms with E-state index in [9.17, 15) is 9.90 Å². The lowest BCUT2D eigenvalue weighted by Crippen LogP contribution is -2.45. The predicted molar refractivity (Wildman–Crippen MR) is 96.4 cm³/mol. The Morgan fingerprint density at radius 3 is 3.04 bits per heavy atom. The number of hydrogen-bond acceptors (Lipinski definition) is 4. The van der Waals surface area contributed by atoms with Crippen LogP contribution >= 0.6 is 0 Å². The van der Waals surface area contributed by atoms with E-state index in [4.69, 9.17) is 0 Å². The molecular weight excluding hydrogens is 316 g/mol. The second-order valence-corrected chi connectivity index (χ2v) is 6.53. The lowest BCUT2D eigenvalue weighted by molar-refractivity contribution is 0.0849. The first-order valence-electron chi connectivity index (χ1n) is 8.96. The number of carbonyl (C=O) groups excluding carboxylic acids is 1. The van der Waals surface area contributed by atoms with Gasteiger partial charge in [0, 0.05) is 37.1 Å². The molecule has 0 bridgehead atoms. The summed E-state index contributed by atoms with van der Waals surface area (Å²) in [6.07, 6.45) is 7.04. The van der Waals surface area contributed by atoms with E-state index in [1.807, 2.05) is 41.2 Å². The highest BCUT2D eigenvalue weighted by Gasteiger charge is 2.21. The molecule has 6 heteroatoms. The van der Waals surface area contributed by atoms with E-state index < -0.39 is 0 Å². The zero-order chi connectivity index (χ0) is 17.5. The molecule has 134 valence electrons. The van der Waals surface area contributed by atoms with E-state index >= 15 is 0 Å². The lowest BCUT2D eigenvalue weighted by atomic mass is 10.0. The van der Waals surface area contributed by atoms with Crippen molar-refractivity contribution in [1.82, 2.24) is 20.0 Å².